The fourth-order valence-corrected chi connectivity index (χ4v) is 5.20. The summed E-state index contributed by atoms with van der Waals surface area (Å²) in [7, 11) is 0. The van der Waals surface area contributed by atoms with E-state index in [1.807, 2.05) is 17.0 Å². The van der Waals surface area contributed by atoms with Crippen LogP contribution in [0.4, 0.5) is 5.69 Å². The highest BCUT2D eigenvalue weighted by Crippen LogP contribution is 2.53. The number of fused-ring (bicyclic) bond motifs is 6. The van der Waals surface area contributed by atoms with Crippen LogP contribution in [0.15, 0.2) is 53.0 Å². The summed E-state index contributed by atoms with van der Waals surface area (Å²) in [6.45, 7) is 0.876. The largest absolute Gasteiger partial charge is 0.311 e. The lowest BCUT2D eigenvalue weighted by Gasteiger charge is -2.21. The zero-order chi connectivity index (χ0) is 14.8. The van der Waals surface area contributed by atoms with Crippen molar-refractivity contribution >= 4 is 38.3 Å². The molecule has 2 bridgehead atoms. The first-order valence-corrected chi connectivity index (χ1v) is 8.70. The molecule has 1 amide bonds. The van der Waals surface area contributed by atoms with Crippen LogP contribution in [0.3, 0.4) is 0 Å². The van der Waals surface area contributed by atoms with E-state index in [1.165, 1.54) is 11.8 Å². The van der Waals surface area contributed by atoms with Crippen LogP contribution in [0.2, 0.25) is 0 Å². The van der Waals surface area contributed by atoms with Gasteiger partial charge in [-0.15, -0.1) is 0 Å². The number of nitrogens with zero attached hydrogens (tertiary/aromatic N) is 1. The minimum Gasteiger partial charge on any atom is -0.311 e. The monoisotopic (exact) mass is 353 g/mol. The molecule has 1 aliphatic heterocycles. The highest BCUT2D eigenvalue weighted by atomic mass is 79.9. The maximum Gasteiger partial charge on any atom is 0.231 e. The first-order chi connectivity index (χ1) is 10.7. The summed E-state index contributed by atoms with van der Waals surface area (Å²) in [5.41, 5.74) is 1.07. The zero-order valence-electron chi connectivity index (χ0n) is 12.1. The smallest absolute Gasteiger partial charge is 0.231 e. The first-order valence-electron chi connectivity index (χ1n) is 7.91. The second kappa shape index (κ2) is 4.45. The number of hydrogen-bond acceptors (Lipinski definition) is 1. The molecule has 2 aromatic carbocycles. The van der Waals surface area contributed by atoms with Gasteiger partial charge < -0.3 is 4.90 Å². The third kappa shape index (κ3) is 1.58. The third-order valence-corrected chi connectivity index (χ3v) is 6.40. The number of allylic oxidation sites excluding steroid dienone is 2. The van der Waals surface area contributed by atoms with Gasteiger partial charge in [-0.05, 0) is 41.7 Å². The van der Waals surface area contributed by atoms with E-state index in [2.05, 4.69) is 52.3 Å². The Morgan fingerprint density at radius 1 is 1.00 bits per heavy atom. The Labute approximate surface area is 137 Å². The number of rotatable bonds is 1. The Balaban J connectivity index is 1.62. The number of amides is 1. The van der Waals surface area contributed by atoms with Crippen molar-refractivity contribution in [3.05, 3.63) is 53.0 Å². The quantitative estimate of drug-likeness (QED) is 0.696. The molecule has 110 valence electrons. The fraction of sp³-hybridized carbons (Fsp3) is 0.316. The van der Waals surface area contributed by atoms with Gasteiger partial charge in [0, 0.05) is 22.3 Å². The molecular weight excluding hydrogens is 338 g/mol. The molecule has 1 heterocycles. The lowest BCUT2D eigenvalue weighted by atomic mass is 9.86. The first kappa shape index (κ1) is 12.9. The number of benzene rings is 2. The van der Waals surface area contributed by atoms with E-state index >= 15 is 0 Å². The molecule has 2 fully saturated rings. The van der Waals surface area contributed by atoms with Crippen molar-refractivity contribution in [3.8, 4) is 0 Å². The second-order valence-corrected chi connectivity index (χ2v) is 7.55. The van der Waals surface area contributed by atoms with Crippen molar-refractivity contribution in [3.63, 3.8) is 0 Å². The summed E-state index contributed by atoms with van der Waals surface area (Å²) in [6.07, 6.45) is 5.80. The second-order valence-electron chi connectivity index (χ2n) is 6.70. The molecule has 22 heavy (non-hydrogen) atoms. The normalized spacial score (nSPS) is 32.2. The SMILES string of the molecule is O=C1[C@H]2[C@@H](CN1c1ccc(Br)c3ccccc13)[C@H]1C=C[C@@H]2C1. The Kier molecular flexibility index (Phi) is 2.61. The Hall–Kier alpha value is -1.61. The summed E-state index contributed by atoms with van der Waals surface area (Å²) >= 11 is 3.62. The molecule has 2 nitrogen and oxygen atoms in total. The van der Waals surface area contributed by atoms with Gasteiger partial charge in [-0.3, -0.25) is 4.79 Å². The predicted molar refractivity (Wildman–Crippen MR) is 91.7 cm³/mol. The van der Waals surface area contributed by atoms with Gasteiger partial charge in [0.05, 0.1) is 5.69 Å². The average molecular weight is 354 g/mol. The van der Waals surface area contributed by atoms with Crippen molar-refractivity contribution in [2.75, 3.05) is 11.4 Å². The molecular formula is C19H16BrNO. The Morgan fingerprint density at radius 3 is 2.59 bits per heavy atom. The summed E-state index contributed by atoms with van der Waals surface area (Å²) in [5, 5.41) is 2.33. The van der Waals surface area contributed by atoms with Gasteiger partial charge in [0.2, 0.25) is 5.91 Å². The molecule has 1 saturated carbocycles. The number of anilines is 1. The lowest BCUT2D eigenvalue weighted by molar-refractivity contribution is -0.121. The van der Waals surface area contributed by atoms with E-state index < -0.39 is 0 Å². The molecule has 0 aromatic heterocycles. The fourth-order valence-electron chi connectivity index (χ4n) is 4.72. The van der Waals surface area contributed by atoms with Gasteiger partial charge in [-0.2, -0.15) is 0 Å². The molecule has 5 rings (SSSR count). The van der Waals surface area contributed by atoms with Crippen LogP contribution >= 0.6 is 15.9 Å². The van der Waals surface area contributed by atoms with Crippen LogP contribution in [-0.2, 0) is 4.79 Å². The molecule has 1 saturated heterocycles. The minimum absolute atomic E-state index is 0.220. The van der Waals surface area contributed by atoms with Crippen LogP contribution < -0.4 is 4.90 Å². The van der Waals surface area contributed by atoms with Crippen LogP contribution in [0, 0.1) is 23.7 Å². The van der Waals surface area contributed by atoms with Gasteiger partial charge in [0.1, 0.15) is 0 Å². The van der Waals surface area contributed by atoms with Crippen LogP contribution in [-0.4, -0.2) is 12.5 Å². The molecule has 3 aliphatic rings. The summed E-state index contributed by atoms with van der Waals surface area (Å²) in [6, 6.07) is 12.5. The molecule has 0 spiro atoms. The van der Waals surface area contributed by atoms with Crippen molar-refractivity contribution in [1.29, 1.82) is 0 Å². The molecule has 0 radical (unpaired) electrons. The van der Waals surface area contributed by atoms with Crippen molar-refractivity contribution in [1.82, 2.24) is 0 Å². The van der Waals surface area contributed by atoms with Crippen molar-refractivity contribution in [2.45, 2.75) is 6.42 Å². The predicted octanol–water partition coefficient (Wildman–Crippen LogP) is 4.39. The van der Waals surface area contributed by atoms with Crippen LogP contribution in [0.1, 0.15) is 6.42 Å². The summed E-state index contributed by atoms with van der Waals surface area (Å²) in [5.74, 6) is 2.16. The molecule has 2 aliphatic carbocycles. The number of carbonyl (C=O) groups excluding carboxylic acids is 1. The number of carbonyl (C=O) groups is 1. The number of hydrogen-bond donors (Lipinski definition) is 0. The Bertz CT molecular complexity index is 827. The van der Waals surface area contributed by atoms with Gasteiger partial charge in [-0.1, -0.05) is 52.3 Å². The van der Waals surface area contributed by atoms with E-state index in [1.54, 1.807) is 0 Å². The van der Waals surface area contributed by atoms with E-state index in [-0.39, 0.29) is 5.92 Å². The average Bonchev–Trinajstić information content (AvgIpc) is 3.22. The highest BCUT2D eigenvalue weighted by molar-refractivity contribution is 9.10. The van der Waals surface area contributed by atoms with Crippen molar-refractivity contribution < 1.29 is 4.79 Å². The lowest BCUT2D eigenvalue weighted by Crippen LogP contribution is -2.29. The highest BCUT2D eigenvalue weighted by Gasteiger charge is 2.54. The third-order valence-electron chi connectivity index (χ3n) is 5.71. The van der Waals surface area contributed by atoms with Crippen LogP contribution in [0.5, 0.6) is 0 Å². The van der Waals surface area contributed by atoms with Crippen molar-refractivity contribution in [2.24, 2.45) is 23.7 Å². The summed E-state index contributed by atoms with van der Waals surface area (Å²) in [4.78, 5) is 15.0. The van der Waals surface area contributed by atoms with Gasteiger partial charge in [0.25, 0.3) is 0 Å². The molecule has 2 aromatic rings. The molecule has 0 N–H and O–H groups in total. The van der Waals surface area contributed by atoms with Gasteiger partial charge in [-0.25, -0.2) is 0 Å². The van der Waals surface area contributed by atoms with E-state index in [9.17, 15) is 4.79 Å². The molecule has 0 unspecified atom stereocenters. The van der Waals surface area contributed by atoms with Gasteiger partial charge in [0.15, 0.2) is 0 Å². The van der Waals surface area contributed by atoms with E-state index in [4.69, 9.17) is 0 Å². The standard InChI is InChI=1S/C19H16BrNO/c20-16-7-8-17(14-4-2-1-3-13(14)16)21-10-15-11-5-6-12(9-11)18(15)19(21)22/h1-8,11-12,15,18H,9-10H2/t11-,12+,15-,18+/m0/s1. The zero-order valence-corrected chi connectivity index (χ0v) is 13.7. The maximum atomic E-state index is 13.0. The summed E-state index contributed by atoms with van der Waals surface area (Å²) < 4.78 is 1.08. The maximum absolute atomic E-state index is 13.0. The topological polar surface area (TPSA) is 20.3 Å². The minimum atomic E-state index is 0.220. The van der Waals surface area contributed by atoms with Gasteiger partial charge >= 0.3 is 0 Å². The molecule has 3 heteroatoms. The van der Waals surface area contributed by atoms with E-state index in [0.717, 1.165) is 22.1 Å². The molecule has 4 atom stereocenters. The van der Waals surface area contributed by atoms with Crippen LogP contribution in [0.25, 0.3) is 10.8 Å². The Morgan fingerprint density at radius 2 is 1.77 bits per heavy atom. The van der Waals surface area contributed by atoms with E-state index in [0.29, 0.717) is 23.7 Å². The number of halogens is 1.